The van der Waals surface area contributed by atoms with Crippen molar-refractivity contribution < 1.29 is 19.1 Å². The van der Waals surface area contributed by atoms with Gasteiger partial charge in [-0.15, -0.1) is 0 Å². The van der Waals surface area contributed by atoms with E-state index in [1.807, 2.05) is 0 Å². The van der Waals surface area contributed by atoms with E-state index in [4.69, 9.17) is 9.47 Å². The molecule has 0 heterocycles. The van der Waals surface area contributed by atoms with Gasteiger partial charge < -0.3 is 9.47 Å². The fourth-order valence-corrected chi connectivity index (χ4v) is 5.19. The van der Waals surface area contributed by atoms with Gasteiger partial charge in [-0.2, -0.15) is 0 Å². The van der Waals surface area contributed by atoms with Crippen molar-refractivity contribution in [2.75, 3.05) is 0 Å². The number of hydrogen-bond acceptors (Lipinski definition) is 4. The predicted molar refractivity (Wildman–Crippen MR) is 118 cm³/mol. The molecular weight excluding hydrogens is 376 g/mol. The summed E-state index contributed by atoms with van der Waals surface area (Å²) < 4.78 is 11.8. The van der Waals surface area contributed by atoms with Crippen LogP contribution < -0.4 is 0 Å². The Morgan fingerprint density at radius 3 is 1.37 bits per heavy atom. The third-order valence-electron chi connectivity index (χ3n) is 8.32. The molecule has 30 heavy (non-hydrogen) atoms. The number of ether oxygens (including phenoxy) is 2. The first-order valence-electron chi connectivity index (χ1n) is 11.7. The molecule has 4 nitrogen and oxygen atoms in total. The van der Waals surface area contributed by atoms with Crippen LogP contribution in [0.1, 0.15) is 87.9 Å². The summed E-state index contributed by atoms with van der Waals surface area (Å²) >= 11 is 0. The quantitative estimate of drug-likeness (QED) is 0.555. The SMILES string of the molecule is CC1CCC(OC(=O)c2ccccc2C(=O)OC2CCC(C)C(C)C2C)C(C)C1C. The number of benzene rings is 1. The molecule has 4 heteroatoms. The summed E-state index contributed by atoms with van der Waals surface area (Å²) in [7, 11) is 0. The molecular formula is C26H38O4. The minimum atomic E-state index is -0.417. The van der Waals surface area contributed by atoms with E-state index in [9.17, 15) is 9.59 Å². The fourth-order valence-electron chi connectivity index (χ4n) is 5.19. The second-order valence-electron chi connectivity index (χ2n) is 9.98. The molecule has 2 saturated carbocycles. The molecule has 0 N–H and O–H groups in total. The monoisotopic (exact) mass is 414 g/mol. The average Bonchev–Trinajstić information content (AvgIpc) is 2.74. The molecule has 2 fully saturated rings. The first kappa shape index (κ1) is 22.8. The topological polar surface area (TPSA) is 52.6 Å². The minimum Gasteiger partial charge on any atom is -0.458 e. The molecule has 8 atom stereocenters. The Hall–Kier alpha value is -1.84. The normalized spacial score (nSPS) is 36.7. The Bertz CT molecular complexity index is 694. The van der Waals surface area contributed by atoms with Gasteiger partial charge in [0.1, 0.15) is 12.2 Å². The Morgan fingerprint density at radius 2 is 1.00 bits per heavy atom. The predicted octanol–water partition coefficient (Wildman–Crippen LogP) is 6.14. The Morgan fingerprint density at radius 1 is 0.633 bits per heavy atom. The van der Waals surface area contributed by atoms with Crippen molar-refractivity contribution in [2.24, 2.45) is 35.5 Å². The van der Waals surface area contributed by atoms with Crippen molar-refractivity contribution in [3.8, 4) is 0 Å². The van der Waals surface area contributed by atoms with Gasteiger partial charge in [0.2, 0.25) is 0 Å². The van der Waals surface area contributed by atoms with E-state index in [-0.39, 0.29) is 12.2 Å². The van der Waals surface area contributed by atoms with Crippen LogP contribution in [0.4, 0.5) is 0 Å². The summed E-state index contributed by atoms with van der Waals surface area (Å²) in [6, 6.07) is 6.89. The Labute approximate surface area is 181 Å². The minimum absolute atomic E-state index is 0.103. The fraction of sp³-hybridized carbons (Fsp3) is 0.692. The number of carbonyl (C=O) groups is 2. The van der Waals surface area contributed by atoms with Crippen LogP contribution in [0.5, 0.6) is 0 Å². The Kier molecular flexibility index (Phi) is 7.26. The van der Waals surface area contributed by atoms with Crippen molar-refractivity contribution >= 4 is 11.9 Å². The average molecular weight is 415 g/mol. The zero-order valence-corrected chi connectivity index (χ0v) is 19.4. The lowest BCUT2D eigenvalue weighted by atomic mass is 9.73. The maximum atomic E-state index is 13.0. The van der Waals surface area contributed by atoms with Crippen molar-refractivity contribution in [1.82, 2.24) is 0 Å². The molecule has 0 aliphatic heterocycles. The summed E-state index contributed by atoms with van der Waals surface area (Å²) in [6.07, 6.45) is 3.66. The van der Waals surface area contributed by atoms with E-state index in [0.717, 1.165) is 25.7 Å². The standard InChI is InChI=1S/C26H38O4/c1-15-11-13-23(19(5)17(15)3)29-25(27)21-9-7-8-10-22(21)26(28)30-24-14-12-16(2)18(4)20(24)6/h7-10,15-20,23-24H,11-14H2,1-6H3. The lowest BCUT2D eigenvalue weighted by molar-refractivity contribution is -0.0214. The van der Waals surface area contributed by atoms with Crippen molar-refractivity contribution in [3.05, 3.63) is 35.4 Å². The highest BCUT2D eigenvalue weighted by atomic mass is 16.6. The molecule has 8 unspecified atom stereocenters. The van der Waals surface area contributed by atoms with Crippen molar-refractivity contribution in [1.29, 1.82) is 0 Å². The lowest BCUT2D eigenvalue weighted by Crippen LogP contribution is -2.38. The van der Waals surface area contributed by atoms with Gasteiger partial charge in [0.05, 0.1) is 11.1 Å². The largest absolute Gasteiger partial charge is 0.458 e. The van der Waals surface area contributed by atoms with Crippen LogP contribution in [0.15, 0.2) is 24.3 Å². The van der Waals surface area contributed by atoms with Gasteiger partial charge in [0, 0.05) is 0 Å². The van der Waals surface area contributed by atoms with E-state index in [0.29, 0.717) is 46.6 Å². The molecule has 3 rings (SSSR count). The van der Waals surface area contributed by atoms with Crippen molar-refractivity contribution in [2.45, 2.75) is 79.4 Å². The van der Waals surface area contributed by atoms with E-state index in [2.05, 4.69) is 41.5 Å². The zero-order valence-electron chi connectivity index (χ0n) is 19.4. The molecule has 0 radical (unpaired) electrons. The third-order valence-corrected chi connectivity index (χ3v) is 8.32. The van der Waals surface area contributed by atoms with Gasteiger partial charge in [-0.25, -0.2) is 9.59 Å². The van der Waals surface area contributed by atoms with E-state index < -0.39 is 11.9 Å². The molecule has 0 spiro atoms. The summed E-state index contributed by atoms with van der Waals surface area (Å²) in [6.45, 7) is 13.3. The van der Waals surface area contributed by atoms with Crippen LogP contribution in [0.2, 0.25) is 0 Å². The maximum absolute atomic E-state index is 13.0. The lowest BCUT2D eigenvalue weighted by Gasteiger charge is -2.38. The second-order valence-corrected chi connectivity index (χ2v) is 9.98. The molecule has 0 bridgehead atoms. The van der Waals surface area contributed by atoms with Gasteiger partial charge in [-0.05, 0) is 73.3 Å². The summed E-state index contributed by atoms with van der Waals surface area (Å²) in [5.41, 5.74) is 0.622. The van der Waals surface area contributed by atoms with Crippen LogP contribution in [-0.4, -0.2) is 24.1 Å². The molecule has 0 amide bonds. The van der Waals surface area contributed by atoms with Gasteiger partial charge in [-0.1, -0.05) is 53.7 Å². The number of esters is 2. The Balaban J connectivity index is 1.71. The van der Waals surface area contributed by atoms with Crippen molar-refractivity contribution in [3.63, 3.8) is 0 Å². The van der Waals surface area contributed by atoms with E-state index >= 15 is 0 Å². The molecule has 0 aromatic heterocycles. The van der Waals surface area contributed by atoms with Gasteiger partial charge >= 0.3 is 11.9 Å². The van der Waals surface area contributed by atoms with Gasteiger partial charge in [-0.3, -0.25) is 0 Å². The van der Waals surface area contributed by atoms with Crippen LogP contribution in [0.3, 0.4) is 0 Å². The molecule has 166 valence electrons. The number of carbonyl (C=O) groups excluding carboxylic acids is 2. The molecule has 2 aliphatic rings. The summed E-state index contributed by atoms with van der Waals surface area (Å²) in [5.74, 6) is 2.08. The number of rotatable bonds is 4. The second kappa shape index (κ2) is 9.53. The van der Waals surface area contributed by atoms with Gasteiger partial charge in [0.25, 0.3) is 0 Å². The van der Waals surface area contributed by atoms with E-state index in [1.165, 1.54) is 0 Å². The maximum Gasteiger partial charge on any atom is 0.339 e. The summed E-state index contributed by atoms with van der Waals surface area (Å²) in [5, 5.41) is 0. The number of hydrogen-bond donors (Lipinski definition) is 0. The highest BCUT2D eigenvalue weighted by Crippen LogP contribution is 2.37. The first-order chi connectivity index (χ1) is 14.2. The van der Waals surface area contributed by atoms with Crippen LogP contribution >= 0.6 is 0 Å². The zero-order chi connectivity index (χ0) is 22.0. The smallest absolute Gasteiger partial charge is 0.339 e. The molecule has 2 aliphatic carbocycles. The third kappa shape index (κ3) is 4.73. The first-order valence-corrected chi connectivity index (χ1v) is 11.7. The highest BCUT2D eigenvalue weighted by molar-refractivity contribution is 6.03. The van der Waals surface area contributed by atoms with Crippen LogP contribution in [-0.2, 0) is 9.47 Å². The molecule has 1 aromatic carbocycles. The van der Waals surface area contributed by atoms with E-state index in [1.54, 1.807) is 24.3 Å². The van der Waals surface area contributed by atoms with Gasteiger partial charge in [0.15, 0.2) is 0 Å². The molecule has 0 saturated heterocycles. The highest BCUT2D eigenvalue weighted by Gasteiger charge is 2.36. The van der Waals surface area contributed by atoms with Crippen LogP contribution in [0.25, 0.3) is 0 Å². The summed E-state index contributed by atoms with van der Waals surface area (Å²) in [4.78, 5) is 26.0. The molecule has 1 aromatic rings. The van der Waals surface area contributed by atoms with Crippen LogP contribution in [0, 0.1) is 35.5 Å².